The van der Waals surface area contributed by atoms with Gasteiger partial charge in [0, 0.05) is 23.7 Å². The first kappa shape index (κ1) is 21.6. The minimum absolute atomic E-state index is 0.0178. The second-order valence-electron chi connectivity index (χ2n) is 7.94. The molecule has 0 aliphatic carbocycles. The summed E-state index contributed by atoms with van der Waals surface area (Å²) in [5, 5.41) is 0.883. The Kier molecular flexibility index (Phi) is 5.66. The van der Waals surface area contributed by atoms with Crippen molar-refractivity contribution in [2.24, 2.45) is 0 Å². The molecular formula is C23H22ClNO5S. The quantitative estimate of drug-likeness (QED) is 0.590. The summed E-state index contributed by atoms with van der Waals surface area (Å²) in [6, 6.07) is 11.3. The lowest BCUT2D eigenvalue weighted by atomic mass is 10.1. The molecule has 2 heterocycles. The number of sulfone groups is 1. The molecule has 0 N–H and O–H groups in total. The summed E-state index contributed by atoms with van der Waals surface area (Å²) in [6.45, 7) is 3.85. The van der Waals surface area contributed by atoms with Crippen LogP contribution in [0.5, 0.6) is 0 Å². The summed E-state index contributed by atoms with van der Waals surface area (Å²) in [6.07, 6.45) is 0.328. The highest BCUT2D eigenvalue weighted by Gasteiger charge is 2.36. The average Bonchev–Trinajstić information content (AvgIpc) is 3.09. The summed E-state index contributed by atoms with van der Waals surface area (Å²) in [7, 11) is -3.23. The number of fused-ring (bicyclic) bond motifs is 1. The number of halogens is 1. The molecule has 31 heavy (non-hydrogen) atoms. The number of carbonyl (C=O) groups is 1. The lowest BCUT2D eigenvalue weighted by Crippen LogP contribution is -2.41. The fourth-order valence-electron chi connectivity index (χ4n) is 3.90. The van der Waals surface area contributed by atoms with Crippen LogP contribution in [0, 0.1) is 13.8 Å². The van der Waals surface area contributed by atoms with Gasteiger partial charge >= 0.3 is 0 Å². The first-order valence-corrected chi connectivity index (χ1v) is 12.1. The monoisotopic (exact) mass is 459 g/mol. The van der Waals surface area contributed by atoms with Gasteiger partial charge in [-0.25, -0.2) is 8.42 Å². The van der Waals surface area contributed by atoms with E-state index in [9.17, 15) is 18.0 Å². The maximum absolute atomic E-state index is 13.5. The van der Waals surface area contributed by atoms with Gasteiger partial charge < -0.3 is 9.32 Å². The fraction of sp³-hybridized carbons (Fsp3) is 0.304. The van der Waals surface area contributed by atoms with Crippen LogP contribution in [0.2, 0.25) is 5.02 Å². The van der Waals surface area contributed by atoms with Crippen molar-refractivity contribution in [1.82, 2.24) is 4.90 Å². The van der Waals surface area contributed by atoms with Gasteiger partial charge in [0.15, 0.2) is 21.0 Å². The standard InChI is InChI=1S/C23H22ClNO5S/c1-14-7-8-18-20(26)11-21(30-22(18)15(14)2)23(27)25(17-9-10-31(28,29)13-17)12-16-5-3-4-6-19(16)24/h3-8,11,17H,9-10,12-13H2,1-2H3/t17-/m1/s1. The molecule has 0 radical (unpaired) electrons. The first-order valence-electron chi connectivity index (χ1n) is 9.95. The molecule has 1 atom stereocenters. The number of benzene rings is 2. The van der Waals surface area contributed by atoms with Gasteiger partial charge in [-0.2, -0.15) is 0 Å². The molecule has 0 saturated carbocycles. The maximum Gasteiger partial charge on any atom is 0.290 e. The van der Waals surface area contributed by atoms with Crippen LogP contribution in [0.15, 0.2) is 51.7 Å². The summed E-state index contributed by atoms with van der Waals surface area (Å²) < 4.78 is 30.1. The van der Waals surface area contributed by atoms with Crippen LogP contribution < -0.4 is 5.43 Å². The van der Waals surface area contributed by atoms with Crippen LogP contribution in [0.1, 0.15) is 33.7 Å². The highest BCUT2D eigenvalue weighted by molar-refractivity contribution is 7.91. The van der Waals surface area contributed by atoms with Crippen LogP contribution in [-0.2, 0) is 16.4 Å². The molecule has 1 aromatic heterocycles. The van der Waals surface area contributed by atoms with E-state index in [-0.39, 0.29) is 29.2 Å². The number of amides is 1. The number of rotatable bonds is 4. The Bertz CT molecular complexity index is 1350. The van der Waals surface area contributed by atoms with Gasteiger partial charge in [-0.15, -0.1) is 0 Å². The zero-order valence-corrected chi connectivity index (χ0v) is 18.8. The second kappa shape index (κ2) is 8.13. The van der Waals surface area contributed by atoms with E-state index in [2.05, 4.69) is 0 Å². The van der Waals surface area contributed by atoms with Crippen LogP contribution >= 0.6 is 11.6 Å². The van der Waals surface area contributed by atoms with Crippen molar-refractivity contribution < 1.29 is 17.6 Å². The molecule has 1 fully saturated rings. The Morgan fingerprint density at radius 2 is 1.94 bits per heavy atom. The SMILES string of the molecule is Cc1ccc2c(=O)cc(C(=O)N(Cc3ccccc3Cl)[C@@H]3CCS(=O)(=O)C3)oc2c1C. The zero-order valence-electron chi connectivity index (χ0n) is 17.2. The number of nitrogens with zero attached hydrogens (tertiary/aromatic N) is 1. The predicted molar refractivity (Wildman–Crippen MR) is 120 cm³/mol. The van der Waals surface area contributed by atoms with Crippen LogP contribution in [-0.4, -0.2) is 36.8 Å². The van der Waals surface area contributed by atoms with E-state index in [1.807, 2.05) is 19.9 Å². The zero-order chi connectivity index (χ0) is 22.3. The smallest absolute Gasteiger partial charge is 0.290 e. The Labute approximate surface area is 185 Å². The molecule has 0 bridgehead atoms. The van der Waals surface area contributed by atoms with Crippen molar-refractivity contribution in [3.05, 3.63) is 80.2 Å². The van der Waals surface area contributed by atoms with Crippen molar-refractivity contribution in [3.63, 3.8) is 0 Å². The molecule has 1 aliphatic heterocycles. The van der Waals surface area contributed by atoms with E-state index in [1.54, 1.807) is 30.3 Å². The molecule has 8 heteroatoms. The largest absolute Gasteiger partial charge is 0.450 e. The molecule has 1 aliphatic rings. The molecule has 0 spiro atoms. The van der Waals surface area contributed by atoms with Gasteiger partial charge in [0.1, 0.15) is 5.58 Å². The van der Waals surface area contributed by atoms with E-state index in [4.69, 9.17) is 16.0 Å². The van der Waals surface area contributed by atoms with Crippen molar-refractivity contribution in [2.75, 3.05) is 11.5 Å². The summed E-state index contributed by atoms with van der Waals surface area (Å²) in [5.41, 5.74) is 2.47. The Morgan fingerprint density at radius 3 is 2.61 bits per heavy atom. The molecule has 6 nitrogen and oxygen atoms in total. The molecule has 1 amide bonds. The van der Waals surface area contributed by atoms with E-state index in [0.717, 1.165) is 11.1 Å². The number of hydrogen-bond acceptors (Lipinski definition) is 5. The first-order chi connectivity index (χ1) is 14.7. The van der Waals surface area contributed by atoms with Gasteiger partial charge in [-0.1, -0.05) is 35.9 Å². The van der Waals surface area contributed by atoms with Gasteiger partial charge in [0.05, 0.1) is 16.9 Å². The lowest BCUT2D eigenvalue weighted by Gasteiger charge is -2.28. The fourth-order valence-corrected chi connectivity index (χ4v) is 5.82. The molecule has 162 valence electrons. The van der Waals surface area contributed by atoms with Crippen molar-refractivity contribution in [2.45, 2.75) is 32.9 Å². The summed E-state index contributed by atoms with van der Waals surface area (Å²) in [5.74, 6) is -0.743. The number of carbonyl (C=O) groups excluding carboxylic acids is 1. The minimum Gasteiger partial charge on any atom is -0.450 e. The van der Waals surface area contributed by atoms with E-state index in [1.165, 1.54) is 11.0 Å². The molecule has 1 saturated heterocycles. The van der Waals surface area contributed by atoms with E-state index < -0.39 is 21.8 Å². The van der Waals surface area contributed by atoms with Crippen LogP contribution in [0.4, 0.5) is 0 Å². The minimum atomic E-state index is -3.23. The Morgan fingerprint density at radius 1 is 1.19 bits per heavy atom. The average molecular weight is 460 g/mol. The number of aryl methyl sites for hydroxylation is 2. The van der Waals surface area contributed by atoms with Crippen LogP contribution in [0.25, 0.3) is 11.0 Å². The van der Waals surface area contributed by atoms with Gasteiger partial charge in [0.2, 0.25) is 0 Å². The van der Waals surface area contributed by atoms with Gasteiger partial charge in [0.25, 0.3) is 5.91 Å². The highest BCUT2D eigenvalue weighted by Crippen LogP contribution is 2.26. The van der Waals surface area contributed by atoms with Crippen molar-refractivity contribution in [3.8, 4) is 0 Å². The lowest BCUT2D eigenvalue weighted by molar-refractivity contribution is 0.0648. The third kappa shape index (κ3) is 4.25. The third-order valence-corrected chi connectivity index (χ3v) is 7.95. The van der Waals surface area contributed by atoms with E-state index >= 15 is 0 Å². The normalized spacial score (nSPS) is 17.7. The highest BCUT2D eigenvalue weighted by atomic mass is 35.5. The topological polar surface area (TPSA) is 84.7 Å². The van der Waals surface area contributed by atoms with Gasteiger partial charge in [-0.3, -0.25) is 9.59 Å². The molecule has 2 aromatic carbocycles. The summed E-state index contributed by atoms with van der Waals surface area (Å²) >= 11 is 6.29. The maximum atomic E-state index is 13.5. The van der Waals surface area contributed by atoms with Crippen molar-refractivity contribution in [1.29, 1.82) is 0 Å². The molecule has 0 unspecified atom stereocenters. The summed E-state index contributed by atoms with van der Waals surface area (Å²) in [4.78, 5) is 27.6. The van der Waals surface area contributed by atoms with E-state index in [0.29, 0.717) is 28.0 Å². The predicted octanol–water partition coefficient (Wildman–Crippen LogP) is 3.89. The second-order valence-corrected chi connectivity index (χ2v) is 10.6. The van der Waals surface area contributed by atoms with Gasteiger partial charge in [-0.05, 0) is 49.1 Å². The number of hydrogen-bond donors (Lipinski definition) is 0. The Hall–Kier alpha value is -2.64. The Balaban J connectivity index is 1.79. The third-order valence-electron chi connectivity index (χ3n) is 5.84. The molecule has 3 aromatic rings. The molecular weight excluding hydrogens is 438 g/mol. The van der Waals surface area contributed by atoms with Crippen LogP contribution in [0.3, 0.4) is 0 Å². The molecule has 4 rings (SSSR count). The van der Waals surface area contributed by atoms with Crippen molar-refractivity contribution >= 4 is 38.3 Å².